The molecule has 0 amide bonds. The van der Waals surface area contributed by atoms with Gasteiger partial charge in [0.1, 0.15) is 23.3 Å². The first-order chi connectivity index (χ1) is 10.0. The summed E-state index contributed by atoms with van der Waals surface area (Å²) in [5, 5.41) is 9.07. The number of hydrogen-bond donors (Lipinski definition) is 1. The second-order valence-electron chi connectivity index (χ2n) is 4.29. The molecule has 2 aromatic carbocycles. The van der Waals surface area contributed by atoms with Gasteiger partial charge in [-0.2, -0.15) is 5.26 Å². The Morgan fingerprint density at radius 3 is 2.71 bits per heavy atom. The third-order valence-electron chi connectivity index (χ3n) is 3.07. The summed E-state index contributed by atoms with van der Waals surface area (Å²) in [4.78, 5) is 2.86. The van der Waals surface area contributed by atoms with E-state index in [4.69, 9.17) is 29.1 Å². The lowest BCUT2D eigenvalue weighted by atomic mass is 10.1. The van der Waals surface area contributed by atoms with E-state index in [1.165, 1.54) is 34.9 Å². The van der Waals surface area contributed by atoms with Crippen molar-refractivity contribution in [3.63, 3.8) is 0 Å². The van der Waals surface area contributed by atoms with Gasteiger partial charge in [-0.1, -0.05) is 17.7 Å². The fraction of sp³-hybridized carbons (Fsp3) is 0. The van der Waals surface area contributed by atoms with Gasteiger partial charge in [-0.3, -0.25) is 4.57 Å². The van der Waals surface area contributed by atoms with E-state index in [1.807, 2.05) is 0 Å². The van der Waals surface area contributed by atoms with Crippen molar-refractivity contribution < 1.29 is 8.78 Å². The number of imidazole rings is 1. The maximum atomic E-state index is 13.7. The summed E-state index contributed by atoms with van der Waals surface area (Å²) in [6.45, 7) is 0. The second-order valence-corrected chi connectivity index (χ2v) is 5.09. The lowest BCUT2D eigenvalue weighted by Gasteiger charge is -2.07. The molecule has 0 aliphatic heterocycles. The van der Waals surface area contributed by atoms with Gasteiger partial charge >= 0.3 is 0 Å². The van der Waals surface area contributed by atoms with E-state index in [2.05, 4.69) is 4.98 Å². The molecule has 1 aromatic heterocycles. The van der Waals surface area contributed by atoms with Crippen LogP contribution in [0.2, 0.25) is 5.02 Å². The number of aromatic amines is 1. The minimum atomic E-state index is -0.666. The normalized spacial score (nSPS) is 10.8. The topological polar surface area (TPSA) is 44.5 Å². The lowest BCUT2D eigenvalue weighted by molar-refractivity contribution is 0.622. The zero-order valence-electron chi connectivity index (χ0n) is 10.3. The SMILES string of the molecule is N#Cc1c(F)cccc1-n1c(=S)[nH]c2cc(Cl)c(F)cc21. The number of fused-ring (bicyclic) bond motifs is 1. The van der Waals surface area contributed by atoms with Crippen LogP contribution >= 0.6 is 23.8 Å². The summed E-state index contributed by atoms with van der Waals surface area (Å²) in [7, 11) is 0. The summed E-state index contributed by atoms with van der Waals surface area (Å²) in [5.74, 6) is -1.29. The molecule has 0 atom stereocenters. The molecule has 3 rings (SSSR count). The van der Waals surface area contributed by atoms with Crippen LogP contribution in [0.15, 0.2) is 30.3 Å². The van der Waals surface area contributed by atoms with E-state index in [9.17, 15) is 8.78 Å². The molecule has 0 unspecified atom stereocenters. The monoisotopic (exact) mass is 321 g/mol. The third-order valence-corrected chi connectivity index (χ3v) is 3.64. The minimum absolute atomic E-state index is 0.0503. The molecule has 0 fully saturated rings. The first-order valence-electron chi connectivity index (χ1n) is 5.81. The van der Waals surface area contributed by atoms with E-state index >= 15 is 0 Å². The Morgan fingerprint density at radius 1 is 1.24 bits per heavy atom. The molecule has 0 bridgehead atoms. The number of H-pyrrole nitrogens is 1. The summed E-state index contributed by atoms with van der Waals surface area (Å²) in [5.41, 5.74) is 0.962. The summed E-state index contributed by atoms with van der Waals surface area (Å²) >= 11 is 10.9. The average Bonchev–Trinajstić information content (AvgIpc) is 2.74. The van der Waals surface area contributed by atoms with Crippen molar-refractivity contribution in [2.24, 2.45) is 0 Å². The van der Waals surface area contributed by atoms with Crippen LogP contribution in [0.4, 0.5) is 8.78 Å². The Kier molecular flexibility index (Phi) is 3.24. The van der Waals surface area contributed by atoms with Gasteiger partial charge in [0.2, 0.25) is 0 Å². The number of nitrogens with one attached hydrogen (secondary N) is 1. The number of nitriles is 1. The number of nitrogens with zero attached hydrogens (tertiary/aromatic N) is 2. The number of halogens is 3. The number of benzene rings is 2. The molecule has 3 nitrogen and oxygen atoms in total. The number of aromatic nitrogens is 2. The maximum Gasteiger partial charge on any atom is 0.182 e. The Morgan fingerprint density at radius 2 is 2.00 bits per heavy atom. The van der Waals surface area contributed by atoms with Crippen LogP contribution in [0.5, 0.6) is 0 Å². The van der Waals surface area contributed by atoms with Crippen LogP contribution in [-0.4, -0.2) is 9.55 Å². The van der Waals surface area contributed by atoms with Crippen LogP contribution < -0.4 is 0 Å². The van der Waals surface area contributed by atoms with E-state index < -0.39 is 11.6 Å². The molecule has 0 spiro atoms. The maximum absolute atomic E-state index is 13.7. The number of hydrogen-bond acceptors (Lipinski definition) is 2. The van der Waals surface area contributed by atoms with E-state index in [0.717, 1.165) is 0 Å². The fourth-order valence-electron chi connectivity index (χ4n) is 2.15. The first kappa shape index (κ1) is 13.7. The molecule has 7 heteroatoms. The zero-order valence-corrected chi connectivity index (χ0v) is 11.9. The van der Waals surface area contributed by atoms with Gasteiger partial charge < -0.3 is 4.98 Å². The standard InChI is InChI=1S/C14H6ClF2N3S/c15-8-4-11-13(5-10(8)17)20(14(21)19-11)12-3-1-2-9(16)7(12)6-18/h1-5H,(H,19,21). The van der Waals surface area contributed by atoms with Crippen LogP contribution in [0.1, 0.15) is 5.56 Å². The fourth-order valence-corrected chi connectivity index (χ4v) is 2.62. The predicted octanol–water partition coefficient (Wildman–Crippen LogP) is 4.49. The van der Waals surface area contributed by atoms with Crippen molar-refractivity contribution in [1.29, 1.82) is 5.26 Å². The van der Waals surface area contributed by atoms with Gasteiger partial charge in [-0.05, 0) is 30.4 Å². The molecule has 1 heterocycles. The van der Waals surface area contributed by atoms with Gasteiger partial charge in [-0.15, -0.1) is 0 Å². The summed E-state index contributed by atoms with van der Waals surface area (Å²) in [6.07, 6.45) is 0. The van der Waals surface area contributed by atoms with Gasteiger partial charge in [-0.25, -0.2) is 8.78 Å². The zero-order chi connectivity index (χ0) is 15.1. The highest BCUT2D eigenvalue weighted by Gasteiger charge is 2.15. The van der Waals surface area contributed by atoms with Crippen LogP contribution in [0.3, 0.4) is 0 Å². The van der Waals surface area contributed by atoms with Crippen LogP contribution in [0, 0.1) is 27.7 Å². The third kappa shape index (κ3) is 2.11. The summed E-state index contributed by atoms with van der Waals surface area (Å²) < 4.78 is 29.1. The molecule has 104 valence electrons. The van der Waals surface area contributed by atoms with Gasteiger partial charge in [0.25, 0.3) is 0 Å². The van der Waals surface area contributed by atoms with E-state index in [-0.39, 0.29) is 21.0 Å². The Balaban J connectivity index is 2.44. The molecule has 0 aliphatic carbocycles. The predicted molar refractivity (Wildman–Crippen MR) is 78.1 cm³/mol. The Labute approximate surface area is 128 Å². The Hall–Kier alpha value is -2.23. The van der Waals surface area contributed by atoms with Crippen LogP contribution in [-0.2, 0) is 0 Å². The van der Waals surface area contributed by atoms with Crippen molar-refractivity contribution >= 4 is 34.9 Å². The van der Waals surface area contributed by atoms with Crippen molar-refractivity contribution in [3.05, 3.63) is 57.3 Å². The first-order valence-corrected chi connectivity index (χ1v) is 6.60. The van der Waals surface area contributed by atoms with Crippen molar-refractivity contribution in [2.75, 3.05) is 0 Å². The van der Waals surface area contributed by atoms with Crippen molar-refractivity contribution in [2.45, 2.75) is 0 Å². The molecular formula is C14H6ClF2N3S. The summed E-state index contributed by atoms with van der Waals surface area (Å²) in [6, 6.07) is 8.55. The molecule has 1 N–H and O–H groups in total. The molecule has 21 heavy (non-hydrogen) atoms. The molecule has 0 aliphatic rings. The lowest BCUT2D eigenvalue weighted by Crippen LogP contribution is -2.00. The second kappa shape index (κ2) is 4.95. The van der Waals surface area contributed by atoms with Crippen molar-refractivity contribution in [3.8, 4) is 11.8 Å². The molecule has 0 saturated carbocycles. The molecule has 3 aromatic rings. The van der Waals surface area contributed by atoms with E-state index in [0.29, 0.717) is 11.0 Å². The van der Waals surface area contributed by atoms with Crippen molar-refractivity contribution in [1.82, 2.24) is 9.55 Å². The highest BCUT2D eigenvalue weighted by molar-refractivity contribution is 7.71. The quantitative estimate of drug-likeness (QED) is 0.671. The average molecular weight is 322 g/mol. The molecular weight excluding hydrogens is 316 g/mol. The van der Waals surface area contributed by atoms with Gasteiger partial charge in [0.15, 0.2) is 4.77 Å². The van der Waals surface area contributed by atoms with Gasteiger partial charge in [0.05, 0.1) is 21.7 Å². The Bertz CT molecular complexity index is 969. The smallest absolute Gasteiger partial charge is 0.182 e. The van der Waals surface area contributed by atoms with Gasteiger partial charge in [0, 0.05) is 6.07 Å². The van der Waals surface area contributed by atoms with E-state index in [1.54, 1.807) is 6.07 Å². The van der Waals surface area contributed by atoms with Crippen LogP contribution in [0.25, 0.3) is 16.7 Å². The molecule has 0 radical (unpaired) electrons. The highest BCUT2D eigenvalue weighted by atomic mass is 35.5. The number of rotatable bonds is 1. The molecule has 0 saturated heterocycles. The minimum Gasteiger partial charge on any atom is -0.330 e. The highest BCUT2D eigenvalue weighted by Crippen LogP contribution is 2.27. The largest absolute Gasteiger partial charge is 0.330 e.